The molecule has 0 aliphatic heterocycles. The molecular weight excluding hydrogens is 278 g/mol. The highest BCUT2D eigenvalue weighted by Crippen LogP contribution is 2.11. The van der Waals surface area contributed by atoms with Gasteiger partial charge in [0.15, 0.2) is 5.03 Å². The Balaban J connectivity index is 2.86. The lowest BCUT2D eigenvalue weighted by Crippen LogP contribution is -2.31. The van der Waals surface area contributed by atoms with Gasteiger partial charge in [0.1, 0.15) is 15.7 Å². The minimum absolute atomic E-state index is 0.0182. The molecule has 1 rings (SSSR count). The molecule has 104 valence electrons. The molecule has 1 heterocycles. The first kappa shape index (κ1) is 15.1. The van der Waals surface area contributed by atoms with Gasteiger partial charge in [0.05, 0.1) is 11.9 Å². The molecule has 0 spiro atoms. The zero-order valence-corrected chi connectivity index (χ0v) is 12.2. The fourth-order valence-electron chi connectivity index (χ4n) is 1.24. The number of H-pyrrole nitrogens is 1. The number of rotatable bonds is 6. The summed E-state index contributed by atoms with van der Waals surface area (Å²) in [6.45, 7) is 1.77. The Morgan fingerprint density at radius 3 is 2.39 bits per heavy atom. The molecule has 1 aromatic heterocycles. The van der Waals surface area contributed by atoms with E-state index in [9.17, 15) is 16.8 Å². The van der Waals surface area contributed by atoms with Gasteiger partial charge < -0.3 is 4.98 Å². The number of hydrogen-bond donors (Lipinski definition) is 1. The molecule has 9 heteroatoms. The van der Waals surface area contributed by atoms with Crippen molar-refractivity contribution in [2.24, 2.45) is 0 Å². The van der Waals surface area contributed by atoms with Gasteiger partial charge in [-0.25, -0.2) is 21.8 Å². The van der Waals surface area contributed by atoms with Crippen molar-refractivity contribution in [2.45, 2.75) is 18.4 Å². The molecule has 1 N–H and O–H groups in total. The lowest BCUT2D eigenvalue weighted by Gasteiger charge is -2.14. The third kappa shape index (κ3) is 3.79. The smallest absolute Gasteiger partial charge is 0.259 e. The number of nitrogens with one attached hydrogen (secondary N) is 1. The van der Waals surface area contributed by atoms with Crippen molar-refractivity contribution in [3.05, 3.63) is 12.0 Å². The second kappa shape index (κ2) is 5.37. The molecule has 0 saturated heterocycles. The quantitative estimate of drug-likeness (QED) is 0.772. The molecule has 18 heavy (non-hydrogen) atoms. The van der Waals surface area contributed by atoms with E-state index in [0.29, 0.717) is 12.2 Å². The van der Waals surface area contributed by atoms with Crippen LogP contribution >= 0.6 is 0 Å². The highest BCUT2D eigenvalue weighted by Gasteiger charge is 2.23. The van der Waals surface area contributed by atoms with Gasteiger partial charge >= 0.3 is 0 Å². The Kier molecular flexibility index (Phi) is 4.51. The number of sulfonamides is 1. The summed E-state index contributed by atoms with van der Waals surface area (Å²) in [6.07, 6.45) is 2.91. The third-order valence-corrected chi connectivity index (χ3v) is 5.10. The van der Waals surface area contributed by atoms with E-state index in [-0.39, 0.29) is 17.3 Å². The maximum absolute atomic E-state index is 12.0. The summed E-state index contributed by atoms with van der Waals surface area (Å²) in [5.74, 6) is 0.363. The third-order valence-electron chi connectivity index (χ3n) is 2.41. The van der Waals surface area contributed by atoms with E-state index in [0.717, 1.165) is 10.6 Å². The van der Waals surface area contributed by atoms with Gasteiger partial charge in [-0.15, -0.1) is 0 Å². The molecule has 1 aromatic rings. The van der Waals surface area contributed by atoms with Crippen LogP contribution in [0.1, 0.15) is 12.7 Å². The summed E-state index contributed by atoms with van der Waals surface area (Å²) in [7, 11) is -5.55. The highest BCUT2D eigenvalue weighted by molar-refractivity contribution is 7.91. The van der Waals surface area contributed by atoms with Crippen LogP contribution in [-0.4, -0.2) is 56.7 Å². The number of aromatic amines is 1. The van der Waals surface area contributed by atoms with E-state index < -0.39 is 19.9 Å². The lowest BCUT2D eigenvalue weighted by atomic mass is 10.5. The summed E-state index contributed by atoms with van der Waals surface area (Å²) in [5, 5.41) is -0.0182. The fraction of sp³-hybridized carbons (Fsp3) is 0.667. The minimum atomic E-state index is -3.70. The van der Waals surface area contributed by atoms with Gasteiger partial charge in [-0.2, -0.15) is 4.31 Å². The van der Waals surface area contributed by atoms with Crippen molar-refractivity contribution in [3.63, 3.8) is 0 Å². The maximum atomic E-state index is 12.0. The van der Waals surface area contributed by atoms with Crippen LogP contribution in [0.3, 0.4) is 0 Å². The monoisotopic (exact) mass is 295 g/mol. The lowest BCUT2D eigenvalue weighted by molar-refractivity contribution is 0.482. The van der Waals surface area contributed by atoms with Gasteiger partial charge in [0.25, 0.3) is 10.0 Å². The predicted molar refractivity (Wildman–Crippen MR) is 67.5 cm³/mol. The first-order valence-corrected chi connectivity index (χ1v) is 8.85. The van der Waals surface area contributed by atoms with Crippen LogP contribution in [-0.2, 0) is 26.3 Å². The normalized spacial score (nSPS) is 13.1. The Labute approximate surface area is 107 Å². The molecule has 0 saturated carbocycles. The zero-order chi connectivity index (χ0) is 14.0. The topological polar surface area (TPSA) is 100 Å². The molecule has 0 unspecified atom stereocenters. The van der Waals surface area contributed by atoms with Gasteiger partial charge in [-0.1, -0.05) is 6.92 Å². The largest absolute Gasteiger partial charge is 0.332 e. The van der Waals surface area contributed by atoms with Crippen LogP contribution in [0, 0.1) is 0 Å². The Morgan fingerprint density at radius 1 is 1.33 bits per heavy atom. The Bertz CT molecular complexity index is 604. The van der Waals surface area contributed by atoms with E-state index in [1.807, 2.05) is 6.92 Å². The second-order valence-electron chi connectivity index (χ2n) is 4.00. The standard InChI is InChI=1S/C9H17N3O4S2/c1-4-8-10-7-9(11-8)18(15,16)12(2)5-6-17(3,13)14/h7H,4-6H2,1-3H3,(H,10,11). The molecule has 7 nitrogen and oxygen atoms in total. The van der Waals surface area contributed by atoms with E-state index in [2.05, 4.69) is 9.97 Å². The molecule has 0 aromatic carbocycles. The van der Waals surface area contributed by atoms with Gasteiger partial charge in [0.2, 0.25) is 0 Å². The average Bonchev–Trinajstić information content (AvgIpc) is 2.73. The number of aryl methyl sites for hydroxylation is 1. The molecule has 0 aliphatic carbocycles. The Morgan fingerprint density at radius 2 is 1.94 bits per heavy atom. The summed E-state index contributed by atoms with van der Waals surface area (Å²) >= 11 is 0. The van der Waals surface area contributed by atoms with Crippen molar-refractivity contribution in [1.29, 1.82) is 0 Å². The summed E-state index contributed by atoms with van der Waals surface area (Å²) in [4.78, 5) is 6.60. The maximum Gasteiger partial charge on any atom is 0.259 e. The highest BCUT2D eigenvalue weighted by atomic mass is 32.2. The van der Waals surface area contributed by atoms with Crippen LogP contribution in [0.2, 0.25) is 0 Å². The number of aromatic nitrogens is 2. The predicted octanol–water partition coefficient (Wildman–Crippen LogP) is -0.363. The SMILES string of the molecule is CCc1ncc(S(=O)(=O)N(C)CCS(C)(=O)=O)[nH]1. The molecule has 0 bridgehead atoms. The van der Waals surface area contributed by atoms with Crippen molar-refractivity contribution in [1.82, 2.24) is 14.3 Å². The number of nitrogens with zero attached hydrogens (tertiary/aromatic N) is 2. The van der Waals surface area contributed by atoms with Crippen LogP contribution in [0.5, 0.6) is 0 Å². The number of imidazole rings is 1. The van der Waals surface area contributed by atoms with Gasteiger partial charge in [-0.05, 0) is 0 Å². The molecule has 0 amide bonds. The van der Waals surface area contributed by atoms with Crippen LogP contribution < -0.4 is 0 Å². The average molecular weight is 295 g/mol. The van der Waals surface area contributed by atoms with Crippen molar-refractivity contribution in [3.8, 4) is 0 Å². The summed E-state index contributed by atoms with van der Waals surface area (Å²) in [5.41, 5.74) is 0. The van der Waals surface area contributed by atoms with Gasteiger partial charge in [-0.3, -0.25) is 0 Å². The fourth-order valence-corrected chi connectivity index (χ4v) is 3.06. The van der Waals surface area contributed by atoms with Crippen LogP contribution in [0.15, 0.2) is 11.2 Å². The van der Waals surface area contributed by atoms with E-state index in [1.165, 1.54) is 13.2 Å². The second-order valence-corrected chi connectivity index (χ2v) is 8.28. The molecule has 0 atom stereocenters. The number of sulfone groups is 1. The molecule has 0 aliphatic rings. The first-order valence-electron chi connectivity index (χ1n) is 5.34. The minimum Gasteiger partial charge on any atom is -0.332 e. The van der Waals surface area contributed by atoms with Gasteiger partial charge in [0, 0.05) is 26.3 Å². The van der Waals surface area contributed by atoms with Crippen LogP contribution in [0.4, 0.5) is 0 Å². The van der Waals surface area contributed by atoms with Crippen molar-refractivity contribution >= 4 is 19.9 Å². The van der Waals surface area contributed by atoms with E-state index in [1.54, 1.807) is 0 Å². The molecular formula is C9H17N3O4S2. The van der Waals surface area contributed by atoms with Crippen molar-refractivity contribution < 1.29 is 16.8 Å². The molecule has 0 fully saturated rings. The summed E-state index contributed by atoms with van der Waals surface area (Å²) in [6, 6.07) is 0. The Hall–Kier alpha value is -0.930. The van der Waals surface area contributed by atoms with Crippen molar-refractivity contribution in [2.75, 3.05) is 25.6 Å². The number of hydrogen-bond acceptors (Lipinski definition) is 5. The van der Waals surface area contributed by atoms with E-state index in [4.69, 9.17) is 0 Å². The zero-order valence-electron chi connectivity index (χ0n) is 10.5. The van der Waals surface area contributed by atoms with Crippen LogP contribution in [0.25, 0.3) is 0 Å². The first-order chi connectivity index (χ1) is 8.16. The van der Waals surface area contributed by atoms with E-state index >= 15 is 0 Å². The molecule has 0 radical (unpaired) electrons. The summed E-state index contributed by atoms with van der Waals surface area (Å²) < 4.78 is 47.1.